The molecule has 0 spiro atoms. The quantitative estimate of drug-likeness (QED) is 0.671. The van der Waals surface area contributed by atoms with E-state index in [1.165, 1.54) is 37.9 Å². The largest absolute Gasteiger partial charge is 0.494 e. The molecule has 0 unspecified atom stereocenters. The van der Waals surface area contributed by atoms with E-state index in [0.717, 1.165) is 30.2 Å². The van der Waals surface area contributed by atoms with Crippen molar-refractivity contribution in [2.45, 2.75) is 52.5 Å². The molecule has 1 fully saturated rings. The van der Waals surface area contributed by atoms with Gasteiger partial charge in [-0.15, -0.1) is 24.8 Å². The number of rotatable bonds is 7. The maximum Gasteiger partial charge on any atom is 0.254 e. The predicted molar refractivity (Wildman–Crippen MR) is 118 cm³/mol. The highest BCUT2D eigenvalue weighted by molar-refractivity contribution is 5.85. The molecule has 0 aliphatic carbocycles. The van der Waals surface area contributed by atoms with Gasteiger partial charge >= 0.3 is 0 Å². The summed E-state index contributed by atoms with van der Waals surface area (Å²) in [5.74, 6) is 1.65. The third-order valence-electron chi connectivity index (χ3n) is 5.02. The molecule has 0 atom stereocenters. The number of aryl methyl sites for hydroxylation is 2. The van der Waals surface area contributed by atoms with E-state index in [4.69, 9.17) is 4.74 Å². The summed E-state index contributed by atoms with van der Waals surface area (Å²) in [6.45, 7) is 7.69. The molecule has 0 amide bonds. The van der Waals surface area contributed by atoms with Crippen molar-refractivity contribution < 1.29 is 4.74 Å². The average Bonchev–Trinajstić information content (AvgIpc) is 2.64. The topological polar surface area (TPSA) is 58.2 Å². The smallest absolute Gasteiger partial charge is 0.254 e. The van der Waals surface area contributed by atoms with E-state index in [1.54, 1.807) is 6.92 Å². The highest BCUT2D eigenvalue weighted by Crippen LogP contribution is 2.18. The van der Waals surface area contributed by atoms with Crippen molar-refractivity contribution >= 4 is 24.8 Å². The number of hydrogen-bond acceptors (Lipinski definition) is 4. The van der Waals surface area contributed by atoms with Crippen LogP contribution in [0.25, 0.3) is 0 Å². The SMILES string of the molecule is Cc1nc(CCCOc2cccc(CN3CCCCC3)c2)[nH]c(=O)c1C.Cl.Cl. The second kappa shape index (κ2) is 12.1. The van der Waals surface area contributed by atoms with E-state index in [-0.39, 0.29) is 30.4 Å². The number of hydrogen-bond donors (Lipinski definition) is 1. The van der Waals surface area contributed by atoms with Crippen LogP contribution in [0.4, 0.5) is 0 Å². The molecule has 1 aromatic carbocycles. The van der Waals surface area contributed by atoms with Crippen molar-refractivity contribution in [2.75, 3.05) is 19.7 Å². The Bertz CT molecular complexity index is 789. The Kier molecular flexibility index (Phi) is 10.6. The van der Waals surface area contributed by atoms with Gasteiger partial charge in [0.1, 0.15) is 11.6 Å². The Labute approximate surface area is 179 Å². The van der Waals surface area contributed by atoms with E-state index < -0.39 is 0 Å². The average molecular weight is 428 g/mol. The Morgan fingerprint density at radius 2 is 1.89 bits per heavy atom. The number of benzene rings is 1. The molecule has 28 heavy (non-hydrogen) atoms. The van der Waals surface area contributed by atoms with E-state index >= 15 is 0 Å². The highest BCUT2D eigenvalue weighted by atomic mass is 35.5. The fraction of sp³-hybridized carbons (Fsp3) is 0.524. The van der Waals surface area contributed by atoms with Gasteiger partial charge < -0.3 is 9.72 Å². The number of aromatic amines is 1. The normalized spacial score (nSPS) is 14.1. The Balaban J connectivity index is 0.00000196. The first-order valence-electron chi connectivity index (χ1n) is 9.62. The summed E-state index contributed by atoms with van der Waals surface area (Å²) in [5, 5.41) is 0. The van der Waals surface area contributed by atoms with Crippen molar-refractivity contribution in [2.24, 2.45) is 0 Å². The number of aromatic nitrogens is 2. The Morgan fingerprint density at radius 3 is 2.61 bits per heavy atom. The maximum atomic E-state index is 11.8. The lowest BCUT2D eigenvalue weighted by molar-refractivity contribution is 0.220. The number of nitrogens with zero attached hydrogens (tertiary/aromatic N) is 2. The molecule has 1 saturated heterocycles. The molecule has 1 aliphatic heterocycles. The third kappa shape index (κ3) is 7.12. The fourth-order valence-corrected chi connectivity index (χ4v) is 3.36. The predicted octanol–water partition coefficient (Wildman–Crippen LogP) is 4.23. The van der Waals surface area contributed by atoms with Crippen molar-refractivity contribution in [3.8, 4) is 5.75 Å². The molecular weight excluding hydrogens is 397 g/mol. The minimum Gasteiger partial charge on any atom is -0.494 e. The molecule has 2 aromatic rings. The lowest BCUT2D eigenvalue weighted by Crippen LogP contribution is -2.29. The molecule has 0 bridgehead atoms. The number of piperidine rings is 1. The van der Waals surface area contributed by atoms with Crippen LogP contribution in [0.5, 0.6) is 5.75 Å². The minimum atomic E-state index is -0.0427. The zero-order chi connectivity index (χ0) is 18.4. The van der Waals surface area contributed by atoms with E-state index in [1.807, 2.05) is 13.0 Å². The number of H-pyrrole nitrogens is 1. The number of likely N-dealkylation sites (tertiary alicyclic amines) is 1. The lowest BCUT2D eigenvalue weighted by Gasteiger charge is -2.26. The van der Waals surface area contributed by atoms with Gasteiger partial charge in [0.15, 0.2) is 0 Å². The summed E-state index contributed by atoms with van der Waals surface area (Å²) in [6.07, 6.45) is 5.52. The van der Waals surface area contributed by atoms with Crippen LogP contribution in [0.2, 0.25) is 0 Å². The van der Waals surface area contributed by atoms with Gasteiger partial charge in [-0.05, 0) is 63.9 Å². The van der Waals surface area contributed by atoms with Crippen LogP contribution in [0.3, 0.4) is 0 Å². The minimum absolute atomic E-state index is 0. The molecule has 1 N–H and O–H groups in total. The molecule has 3 rings (SSSR count). The molecule has 1 aromatic heterocycles. The molecular formula is C21H31Cl2N3O2. The van der Waals surface area contributed by atoms with Crippen LogP contribution in [-0.4, -0.2) is 34.6 Å². The van der Waals surface area contributed by atoms with Crippen LogP contribution < -0.4 is 10.3 Å². The third-order valence-corrected chi connectivity index (χ3v) is 5.02. The van der Waals surface area contributed by atoms with E-state index in [9.17, 15) is 4.79 Å². The first-order chi connectivity index (χ1) is 12.6. The van der Waals surface area contributed by atoms with Gasteiger partial charge in [-0.25, -0.2) is 4.98 Å². The molecule has 0 saturated carbocycles. The standard InChI is InChI=1S/C21H29N3O2.2ClH/c1-16-17(2)22-20(23-21(16)25)10-7-13-26-19-9-6-8-18(14-19)15-24-11-4-3-5-12-24;;/h6,8-9,14H,3-5,7,10-13,15H2,1-2H3,(H,22,23,25);2*1H. The van der Waals surface area contributed by atoms with Crippen LogP contribution >= 0.6 is 24.8 Å². The highest BCUT2D eigenvalue weighted by Gasteiger charge is 2.10. The van der Waals surface area contributed by atoms with Crippen LogP contribution in [0, 0.1) is 13.8 Å². The van der Waals surface area contributed by atoms with Gasteiger partial charge in [-0.3, -0.25) is 9.69 Å². The maximum absolute atomic E-state index is 11.8. The monoisotopic (exact) mass is 427 g/mol. The van der Waals surface area contributed by atoms with Crippen molar-refractivity contribution in [1.82, 2.24) is 14.9 Å². The van der Waals surface area contributed by atoms with E-state index in [2.05, 4.69) is 33.1 Å². The number of ether oxygens (including phenoxy) is 1. The first-order valence-corrected chi connectivity index (χ1v) is 9.62. The molecule has 156 valence electrons. The zero-order valence-electron chi connectivity index (χ0n) is 16.7. The summed E-state index contributed by atoms with van der Waals surface area (Å²) in [6, 6.07) is 8.39. The van der Waals surface area contributed by atoms with E-state index in [0.29, 0.717) is 18.6 Å². The lowest BCUT2D eigenvalue weighted by atomic mass is 10.1. The van der Waals surface area contributed by atoms with Crippen molar-refractivity contribution in [1.29, 1.82) is 0 Å². The summed E-state index contributed by atoms with van der Waals surface area (Å²) in [7, 11) is 0. The second-order valence-corrected chi connectivity index (χ2v) is 7.16. The molecule has 0 radical (unpaired) electrons. The summed E-state index contributed by atoms with van der Waals surface area (Å²) >= 11 is 0. The summed E-state index contributed by atoms with van der Waals surface area (Å²) < 4.78 is 5.90. The first kappa shape index (κ1) is 24.5. The second-order valence-electron chi connectivity index (χ2n) is 7.16. The number of nitrogens with one attached hydrogen (secondary N) is 1. The van der Waals surface area contributed by atoms with Gasteiger partial charge in [0.05, 0.1) is 6.61 Å². The van der Waals surface area contributed by atoms with Crippen molar-refractivity contribution in [3.05, 3.63) is 57.3 Å². The molecule has 2 heterocycles. The summed E-state index contributed by atoms with van der Waals surface area (Å²) in [4.78, 5) is 21.6. The molecule has 5 nitrogen and oxygen atoms in total. The van der Waals surface area contributed by atoms with Gasteiger partial charge in [-0.2, -0.15) is 0 Å². The van der Waals surface area contributed by atoms with Crippen molar-refractivity contribution in [3.63, 3.8) is 0 Å². The van der Waals surface area contributed by atoms with Gasteiger partial charge in [-0.1, -0.05) is 18.6 Å². The Morgan fingerprint density at radius 1 is 1.14 bits per heavy atom. The number of halogens is 2. The van der Waals surface area contributed by atoms with Gasteiger partial charge in [0, 0.05) is 24.2 Å². The van der Waals surface area contributed by atoms with Gasteiger partial charge in [0.25, 0.3) is 5.56 Å². The van der Waals surface area contributed by atoms with Crippen LogP contribution in [0.15, 0.2) is 29.1 Å². The molecule has 1 aliphatic rings. The zero-order valence-corrected chi connectivity index (χ0v) is 18.3. The van der Waals surface area contributed by atoms with Gasteiger partial charge in [0.2, 0.25) is 0 Å². The fourth-order valence-electron chi connectivity index (χ4n) is 3.36. The van der Waals surface area contributed by atoms with Crippen LogP contribution in [-0.2, 0) is 13.0 Å². The van der Waals surface area contributed by atoms with Crippen LogP contribution in [0.1, 0.15) is 48.3 Å². The molecule has 7 heteroatoms. The summed E-state index contributed by atoms with van der Waals surface area (Å²) in [5.41, 5.74) is 2.76. The Hall–Kier alpha value is -1.56.